The van der Waals surface area contributed by atoms with Gasteiger partial charge in [-0.05, 0) is 32.4 Å². The standard InChI is InChI=1S/C15H23NO4/c1-4-19-10-6-9-16-15(17)12(2)20-14-8-5-7-13(11-14)18-3/h5,7-8,11-12H,4,6,9-10H2,1-3H3,(H,16,17)/t12-/m0/s1. The first kappa shape index (κ1) is 16.3. The van der Waals surface area contributed by atoms with Gasteiger partial charge in [-0.1, -0.05) is 6.07 Å². The lowest BCUT2D eigenvalue weighted by molar-refractivity contribution is -0.127. The summed E-state index contributed by atoms with van der Waals surface area (Å²) in [7, 11) is 1.59. The first-order valence-corrected chi connectivity index (χ1v) is 6.83. The van der Waals surface area contributed by atoms with Crippen LogP contribution in [-0.4, -0.2) is 38.9 Å². The molecule has 0 saturated heterocycles. The molecule has 0 radical (unpaired) electrons. The molecule has 0 unspecified atom stereocenters. The summed E-state index contributed by atoms with van der Waals surface area (Å²) in [5.74, 6) is 1.18. The molecule has 0 saturated carbocycles. The molecule has 1 atom stereocenters. The van der Waals surface area contributed by atoms with Crippen LogP contribution < -0.4 is 14.8 Å². The number of carbonyl (C=O) groups excluding carboxylic acids is 1. The Bertz CT molecular complexity index is 409. The van der Waals surface area contributed by atoms with Gasteiger partial charge in [-0.2, -0.15) is 0 Å². The Kier molecular flexibility index (Phi) is 7.50. The number of amides is 1. The monoisotopic (exact) mass is 281 g/mol. The van der Waals surface area contributed by atoms with Gasteiger partial charge < -0.3 is 19.5 Å². The Balaban J connectivity index is 2.33. The maximum absolute atomic E-state index is 11.8. The fraction of sp³-hybridized carbons (Fsp3) is 0.533. The van der Waals surface area contributed by atoms with E-state index in [0.717, 1.165) is 6.42 Å². The van der Waals surface area contributed by atoms with Gasteiger partial charge in [-0.3, -0.25) is 4.79 Å². The molecule has 0 aromatic heterocycles. The fourth-order valence-electron chi connectivity index (χ4n) is 1.61. The highest BCUT2D eigenvalue weighted by Gasteiger charge is 2.14. The van der Waals surface area contributed by atoms with Crippen LogP contribution in [0.25, 0.3) is 0 Å². The average Bonchev–Trinajstić information content (AvgIpc) is 2.47. The molecule has 1 aromatic rings. The van der Waals surface area contributed by atoms with Crippen molar-refractivity contribution in [3.63, 3.8) is 0 Å². The number of methoxy groups -OCH3 is 1. The van der Waals surface area contributed by atoms with E-state index in [9.17, 15) is 4.79 Å². The molecule has 0 bridgehead atoms. The Labute approximate surface area is 120 Å². The number of hydrogen-bond acceptors (Lipinski definition) is 4. The van der Waals surface area contributed by atoms with E-state index in [1.807, 2.05) is 19.1 Å². The highest BCUT2D eigenvalue weighted by Crippen LogP contribution is 2.19. The molecular weight excluding hydrogens is 258 g/mol. The minimum atomic E-state index is -0.547. The number of hydrogen-bond donors (Lipinski definition) is 1. The van der Waals surface area contributed by atoms with Crippen molar-refractivity contribution >= 4 is 5.91 Å². The van der Waals surface area contributed by atoms with Crippen LogP contribution in [0.5, 0.6) is 11.5 Å². The summed E-state index contributed by atoms with van der Waals surface area (Å²) < 4.78 is 15.9. The summed E-state index contributed by atoms with van der Waals surface area (Å²) in [6, 6.07) is 7.19. The van der Waals surface area contributed by atoms with E-state index in [2.05, 4.69) is 5.32 Å². The van der Waals surface area contributed by atoms with Gasteiger partial charge in [-0.15, -0.1) is 0 Å². The minimum Gasteiger partial charge on any atom is -0.497 e. The van der Waals surface area contributed by atoms with Gasteiger partial charge in [0.1, 0.15) is 11.5 Å². The number of ether oxygens (including phenoxy) is 3. The van der Waals surface area contributed by atoms with E-state index >= 15 is 0 Å². The van der Waals surface area contributed by atoms with Crippen molar-refractivity contribution in [1.29, 1.82) is 0 Å². The van der Waals surface area contributed by atoms with Crippen LogP contribution in [0.1, 0.15) is 20.3 Å². The van der Waals surface area contributed by atoms with Gasteiger partial charge in [0.2, 0.25) is 0 Å². The molecule has 5 heteroatoms. The topological polar surface area (TPSA) is 56.8 Å². The molecule has 1 amide bonds. The minimum absolute atomic E-state index is 0.135. The van der Waals surface area contributed by atoms with Crippen molar-refractivity contribution in [2.75, 3.05) is 26.9 Å². The van der Waals surface area contributed by atoms with Crippen LogP contribution in [0.4, 0.5) is 0 Å². The lowest BCUT2D eigenvalue weighted by Gasteiger charge is -2.15. The summed E-state index contributed by atoms with van der Waals surface area (Å²) in [4.78, 5) is 11.8. The summed E-state index contributed by atoms with van der Waals surface area (Å²) in [6.07, 6.45) is 0.250. The van der Waals surface area contributed by atoms with Crippen LogP contribution in [-0.2, 0) is 9.53 Å². The molecule has 0 aliphatic rings. The summed E-state index contributed by atoms with van der Waals surface area (Å²) in [5.41, 5.74) is 0. The van der Waals surface area contributed by atoms with Crippen molar-refractivity contribution in [2.24, 2.45) is 0 Å². The van der Waals surface area contributed by atoms with Gasteiger partial charge in [0.05, 0.1) is 7.11 Å². The predicted molar refractivity (Wildman–Crippen MR) is 77.2 cm³/mol. The second-order valence-electron chi connectivity index (χ2n) is 4.28. The molecule has 1 aromatic carbocycles. The molecule has 5 nitrogen and oxygen atoms in total. The lowest BCUT2D eigenvalue weighted by Crippen LogP contribution is -2.37. The van der Waals surface area contributed by atoms with Gasteiger partial charge in [0.15, 0.2) is 6.10 Å². The molecule has 0 heterocycles. The van der Waals surface area contributed by atoms with E-state index in [-0.39, 0.29) is 5.91 Å². The van der Waals surface area contributed by atoms with Crippen molar-refractivity contribution < 1.29 is 19.0 Å². The number of carbonyl (C=O) groups is 1. The van der Waals surface area contributed by atoms with Gasteiger partial charge in [0, 0.05) is 25.8 Å². The van der Waals surface area contributed by atoms with E-state index in [1.165, 1.54) is 0 Å². The highest BCUT2D eigenvalue weighted by atomic mass is 16.5. The van der Waals surface area contributed by atoms with Gasteiger partial charge >= 0.3 is 0 Å². The second kappa shape index (κ2) is 9.20. The number of benzene rings is 1. The highest BCUT2D eigenvalue weighted by molar-refractivity contribution is 5.80. The van der Waals surface area contributed by atoms with Crippen molar-refractivity contribution in [3.8, 4) is 11.5 Å². The van der Waals surface area contributed by atoms with Crippen molar-refractivity contribution in [2.45, 2.75) is 26.4 Å². The first-order valence-electron chi connectivity index (χ1n) is 6.83. The zero-order valence-corrected chi connectivity index (χ0v) is 12.3. The third-order valence-corrected chi connectivity index (χ3v) is 2.69. The van der Waals surface area contributed by atoms with Crippen LogP contribution >= 0.6 is 0 Å². The summed E-state index contributed by atoms with van der Waals surface area (Å²) >= 11 is 0. The Morgan fingerprint density at radius 3 is 2.80 bits per heavy atom. The average molecular weight is 281 g/mol. The number of nitrogens with one attached hydrogen (secondary N) is 1. The molecule has 0 aliphatic heterocycles. The maximum atomic E-state index is 11.8. The molecular formula is C15H23NO4. The van der Waals surface area contributed by atoms with E-state index in [1.54, 1.807) is 26.2 Å². The third-order valence-electron chi connectivity index (χ3n) is 2.69. The Hall–Kier alpha value is -1.75. The van der Waals surface area contributed by atoms with E-state index in [4.69, 9.17) is 14.2 Å². The molecule has 0 fully saturated rings. The smallest absolute Gasteiger partial charge is 0.260 e. The van der Waals surface area contributed by atoms with E-state index < -0.39 is 6.10 Å². The third kappa shape index (κ3) is 5.93. The largest absolute Gasteiger partial charge is 0.497 e. The maximum Gasteiger partial charge on any atom is 0.260 e. The molecule has 0 aliphatic carbocycles. The number of rotatable bonds is 9. The zero-order chi connectivity index (χ0) is 14.8. The predicted octanol–water partition coefficient (Wildman–Crippen LogP) is 2.01. The normalized spacial score (nSPS) is 11.8. The molecule has 112 valence electrons. The lowest BCUT2D eigenvalue weighted by atomic mass is 10.3. The summed E-state index contributed by atoms with van der Waals surface area (Å²) in [6.45, 7) is 5.61. The van der Waals surface area contributed by atoms with Crippen LogP contribution in [0.3, 0.4) is 0 Å². The molecule has 1 N–H and O–H groups in total. The summed E-state index contributed by atoms with van der Waals surface area (Å²) in [5, 5.41) is 2.81. The molecule has 1 rings (SSSR count). The van der Waals surface area contributed by atoms with Crippen LogP contribution in [0.15, 0.2) is 24.3 Å². The second-order valence-corrected chi connectivity index (χ2v) is 4.28. The van der Waals surface area contributed by atoms with Gasteiger partial charge in [-0.25, -0.2) is 0 Å². The zero-order valence-electron chi connectivity index (χ0n) is 12.3. The SMILES string of the molecule is CCOCCCNC(=O)[C@H](C)Oc1cccc(OC)c1. The van der Waals surface area contributed by atoms with Crippen LogP contribution in [0.2, 0.25) is 0 Å². The first-order chi connectivity index (χ1) is 9.67. The fourth-order valence-corrected chi connectivity index (χ4v) is 1.61. The van der Waals surface area contributed by atoms with Gasteiger partial charge in [0.25, 0.3) is 5.91 Å². The van der Waals surface area contributed by atoms with Crippen molar-refractivity contribution in [3.05, 3.63) is 24.3 Å². The Morgan fingerprint density at radius 2 is 2.10 bits per heavy atom. The van der Waals surface area contributed by atoms with Crippen LogP contribution in [0, 0.1) is 0 Å². The molecule has 20 heavy (non-hydrogen) atoms. The van der Waals surface area contributed by atoms with Crippen molar-refractivity contribution in [1.82, 2.24) is 5.32 Å². The molecule has 0 spiro atoms. The Morgan fingerprint density at radius 1 is 1.35 bits per heavy atom. The van der Waals surface area contributed by atoms with E-state index in [0.29, 0.717) is 31.3 Å². The quantitative estimate of drug-likeness (QED) is 0.703.